The Morgan fingerprint density at radius 1 is 1.12 bits per heavy atom. The molecule has 0 radical (unpaired) electrons. The van der Waals surface area contributed by atoms with Crippen molar-refractivity contribution in [1.82, 2.24) is 9.58 Å². The molecule has 5 rings (SSSR count). The number of rotatable bonds is 4. The zero-order valence-electron chi connectivity index (χ0n) is 19.1. The van der Waals surface area contributed by atoms with Crippen LogP contribution >= 0.6 is 11.8 Å². The van der Waals surface area contributed by atoms with E-state index in [4.69, 9.17) is 5.41 Å². The van der Waals surface area contributed by atoms with Gasteiger partial charge in [0.25, 0.3) is 5.91 Å². The van der Waals surface area contributed by atoms with Gasteiger partial charge in [-0.2, -0.15) is 15.1 Å². The van der Waals surface area contributed by atoms with E-state index in [9.17, 15) is 4.79 Å². The minimum Gasteiger partial charge on any atom is -0.317 e. The van der Waals surface area contributed by atoms with Crippen molar-refractivity contribution in [2.75, 3.05) is 0 Å². The summed E-state index contributed by atoms with van der Waals surface area (Å²) in [4.78, 5) is 17.1. The van der Waals surface area contributed by atoms with E-state index in [-0.39, 0.29) is 11.4 Å². The summed E-state index contributed by atoms with van der Waals surface area (Å²) in [5, 5.41) is 18.4. The van der Waals surface area contributed by atoms with E-state index in [1.807, 2.05) is 19.1 Å². The highest BCUT2D eigenvalue weighted by Gasteiger charge is 2.35. The lowest BCUT2D eigenvalue weighted by Crippen LogP contribution is -2.35. The van der Waals surface area contributed by atoms with Gasteiger partial charge in [0, 0.05) is 23.2 Å². The standard InChI is InChI=1S/C26H25N5OS/c1-15(2)12-23-29-31-24(27)21(25(32)28-26(31)33-23)14-19-13-16(3)30(17(19)4)22-11-7-9-18-8-5-6-10-20(18)22/h5-11,13-15,27H,12H2,1-4H3. The highest BCUT2D eigenvalue weighted by molar-refractivity contribution is 8.26. The Balaban J connectivity index is 1.55. The Kier molecular flexibility index (Phi) is 5.29. The predicted molar refractivity (Wildman–Crippen MR) is 137 cm³/mol. The zero-order chi connectivity index (χ0) is 23.3. The number of hydrogen-bond donors (Lipinski definition) is 1. The molecule has 0 bridgehead atoms. The van der Waals surface area contributed by atoms with E-state index in [1.54, 1.807) is 6.08 Å². The molecule has 2 aliphatic rings. The SMILES string of the molecule is Cc1cc(C=C2C(=N)N3N=C(CC(C)C)SC3=NC2=O)c(C)n1-c1cccc2ccccc12. The Morgan fingerprint density at radius 2 is 1.88 bits per heavy atom. The predicted octanol–water partition coefficient (Wildman–Crippen LogP) is 5.91. The average molecular weight is 456 g/mol. The number of nitrogens with one attached hydrogen (secondary N) is 1. The molecule has 0 saturated carbocycles. The number of aryl methyl sites for hydroxylation is 1. The largest absolute Gasteiger partial charge is 0.317 e. The third-order valence-corrected chi connectivity index (χ3v) is 6.79. The molecule has 1 N–H and O–H groups in total. The molecule has 0 fully saturated rings. The number of nitrogens with zero attached hydrogens (tertiary/aromatic N) is 4. The Bertz CT molecular complexity index is 1400. The lowest BCUT2D eigenvalue weighted by atomic mass is 10.1. The normalized spacial score (nSPS) is 17.2. The minimum atomic E-state index is -0.394. The first-order valence-electron chi connectivity index (χ1n) is 11.0. The third kappa shape index (κ3) is 3.72. The fourth-order valence-corrected chi connectivity index (χ4v) is 5.42. The van der Waals surface area contributed by atoms with Gasteiger partial charge in [0.2, 0.25) is 5.17 Å². The number of thioether (sulfide) groups is 1. The number of amides is 1. The van der Waals surface area contributed by atoms with Gasteiger partial charge in [0.1, 0.15) is 5.04 Å². The second-order valence-electron chi connectivity index (χ2n) is 8.77. The van der Waals surface area contributed by atoms with Crippen LogP contribution in [-0.2, 0) is 4.79 Å². The highest BCUT2D eigenvalue weighted by Crippen LogP contribution is 2.32. The number of carbonyl (C=O) groups excluding carboxylic acids is 1. The second-order valence-corrected chi connectivity index (χ2v) is 9.81. The summed E-state index contributed by atoms with van der Waals surface area (Å²) >= 11 is 1.38. The van der Waals surface area contributed by atoms with Crippen molar-refractivity contribution in [3.8, 4) is 5.69 Å². The molecule has 0 unspecified atom stereocenters. The van der Waals surface area contributed by atoms with Gasteiger partial charge in [-0.25, -0.2) is 0 Å². The summed E-state index contributed by atoms with van der Waals surface area (Å²) in [6.45, 7) is 8.34. The van der Waals surface area contributed by atoms with Crippen LogP contribution < -0.4 is 0 Å². The van der Waals surface area contributed by atoms with Crippen LogP contribution in [0, 0.1) is 25.2 Å². The van der Waals surface area contributed by atoms with E-state index in [0.29, 0.717) is 11.1 Å². The van der Waals surface area contributed by atoms with Crippen molar-refractivity contribution < 1.29 is 4.79 Å². The van der Waals surface area contributed by atoms with Crippen molar-refractivity contribution in [2.45, 2.75) is 34.1 Å². The first-order chi connectivity index (χ1) is 15.8. The number of benzene rings is 2. The number of aliphatic imine (C=N–C) groups is 1. The van der Waals surface area contributed by atoms with Gasteiger partial charge in [0.05, 0.1) is 11.3 Å². The molecule has 0 aliphatic carbocycles. The first kappa shape index (κ1) is 21.4. The van der Waals surface area contributed by atoms with E-state index >= 15 is 0 Å². The van der Waals surface area contributed by atoms with Crippen LogP contribution in [-0.4, -0.2) is 31.5 Å². The molecular formula is C26H25N5OS. The maximum Gasteiger partial charge on any atom is 0.283 e. The molecule has 1 amide bonds. The number of hydrazone groups is 1. The van der Waals surface area contributed by atoms with E-state index in [0.717, 1.165) is 39.5 Å². The molecular weight excluding hydrogens is 430 g/mol. The van der Waals surface area contributed by atoms with Crippen molar-refractivity contribution in [3.05, 3.63) is 71.1 Å². The van der Waals surface area contributed by atoms with Gasteiger partial charge in [0.15, 0.2) is 5.84 Å². The van der Waals surface area contributed by atoms with Gasteiger partial charge < -0.3 is 4.57 Å². The van der Waals surface area contributed by atoms with Crippen molar-refractivity contribution in [1.29, 1.82) is 5.41 Å². The average Bonchev–Trinajstić information content (AvgIpc) is 3.29. The molecule has 0 spiro atoms. The minimum absolute atomic E-state index is 0.0752. The summed E-state index contributed by atoms with van der Waals surface area (Å²) in [5.74, 6) is 0.124. The molecule has 0 atom stereocenters. The van der Waals surface area contributed by atoms with Crippen LogP contribution in [0.3, 0.4) is 0 Å². The number of aromatic nitrogens is 1. The molecule has 1 aromatic heterocycles. The molecule has 7 heteroatoms. The Hall–Kier alpha value is -3.45. The highest BCUT2D eigenvalue weighted by atomic mass is 32.2. The van der Waals surface area contributed by atoms with Gasteiger partial charge in [-0.3, -0.25) is 10.2 Å². The zero-order valence-corrected chi connectivity index (χ0v) is 19.9. The van der Waals surface area contributed by atoms with Gasteiger partial charge >= 0.3 is 0 Å². The molecule has 2 aromatic carbocycles. The van der Waals surface area contributed by atoms with Crippen LogP contribution in [0.25, 0.3) is 22.5 Å². The first-order valence-corrected chi connectivity index (χ1v) is 11.8. The number of fused-ring (bicyclic) bond motifs is 2. The Morgan fingerprint density at radius 3 is 2.67 bits per heavy atom. The molecule has 6 nitrogen and oxygen atoms in total. The van der Waals surface area contributed by atoms with Crippen LogP contribution in [0.15, 0.2) is 64.2 Å². The molecule has 0 saturated heterocycles. The smallest absolute Gasteiger partial charge is 0.283 e. The van der Waals surface area contributed by atoms with Gasteiger partial charge in [-0.15, -0.1) is 0 Å². The van der Waals surface area contributed by atoms with Crippen LogP contribution in [0.5, 0.6) is 0 Å². The molecule has 166 valence electrons. The maximum absolute atomic E-state index is 12.8. The van der Waals surface area contributed by atoms with Crippen LogP contribution in [0.2, 0.25) is 0 Å². The van der Waals surface area contributed by atoms with Crippen LogP contribution in [0.1, 0.15) is 37.2 Å². The maximum atomic E-state index is 12.8. The van der Waals surface area contributed by atoms with E-state index in [2.05, 4.69) is 71.8 Å². The number of amidine groups is 2. The molecule has 33 heavy (non-hydrogen) atoms. The second kappa shape index (κ2) is 8.15. The molecule has 3 heterocycles. The number of hydrogen-bond acceptors (Lipinski definition) is 4. The fourth-order valence-electron chi connectivity index (χ4n) is 4.33. The van der Waals surface area contributed by atoms with Crippen molar-refractivity contribution in [2.24, 2.45) is 16.0 Å². The van der Waals surface area contributed by atoms with Crippen molar-refractivity contribution >= 4 is 50.6 Å². The summed E-state index contributed by atoms with van der Waals surface area (Å²) in [5.41, 5.74) is 4.31. The van der Waals surface area contributed by atoms with Gasteiger partial charge in [-0.1, -0.05) is 50.2 Å². The summed E-state index contributed by atoms with van der Waals surface area (Å²) in [6, 6.07) is 16.6. The van der Waals surface area contributed by atoms with E-state index in [1.165, 1.54) is 22.2 Å². The summed E-state index contributed by atoms with van der Waals surface area (Å²) in [7, 11) is 0. The summed E-state index contributed by atoms with van der Waals surface area (Å²) in [6.07, 6.45) is 2.57. The quantitative estimate of drug-likeness (QED) is 0.497. The summed E-state index contributed by atoms with van der Waals surface area (Å²) < 4.78 is 2.20. The van der Waals surface area contributed by atoms with E-state index < -0.39 is 5.91 Å². The monoisotopic (exact) mass is 455 g/mol. The van der Waals surface area contributed by atoms with Gasteiger partial charge in [-0.05, 0) is 60.7 Å². The third-order valence-electron chi connectivity index (χ3n) is 5.86. The lowest BCUT2D eigenvalue weighted by molar-refractivity contribution is -0.114. The topological polar surface area (TPSA) is 73.8 Å². The molecule has 2 aliphatic heterocycles. The molecule has 3 aromatic rings. The van der Waals surface area contributed by atoms with Crippen molar-refractivity contribution in [3.63, 3.8) is 0 Å². The van der Waals surface area contributed by atoms with Crippen LogP contribution in [0.4, 0.5) is 0 Å². The Labute approximate surface area is 197 Å². The number of carbonyl (C=O) groups is 1. The fraction of sp³-hybridized carbons (Fsp3) is 0.231. The lowest BCUT2D eigenvalue weighted by Gasteiger charge is -2.20.